The first kappa shape index (κ1) is 20.2. The van der Waals surface area contributed by atoms with Crippen LogP contribution >= 0.6 is 0 Å². The molecular formula is C25H38O3. The molecule has 3 saturated carbocycles. The van der Waals surface area contributed by atoms with Crippen LogP contribution < -0.4 is 0 Å². The molecule has 0 N–H and O–H groups in total. The van der Waals surface area contributed by atoms with Gasteiger partial charge in [-0.2, -0.15) is 0 Å². The van der Waals surface area contributed by atoms with Gasteiger partial charge < -0.3 is 4.74 Å². The Kier molecular flexibility index (Phi) is 4.64. The van der Waals surface area contributed by atoms with E-state index in [1.165, 1.54) is 5.57 Å². The Hall–Kier alpha value is -1.12. The molecule has 3 heteroatoms. The molecule has 0 saturated heterocycles. The summed E-state index contributed by atoms with van der Waals surface area (Å²) in [7, 11) is 0. The van der Waals surface area contributed by atoms with Gasteiger partial charge in [0.15, 0.2) is 0 Å². The number of esters is 1. The zero-order valence-corrected chi connectivity index (χ0v) is 18.6. The van der Waals surface area contributed by atoms with Gasteiger partial charge in [0.25, 0.3) is 0 Å². The van der Waals surface area contributed by atoms with Crippen LogP contribution in [-0.2, 0) is 14.3 Å². The van der Waals surface area contributed by atoms with Gasteiger partial charge in [0, 0.05) is 17.8 Å². The van der Waals surface area contributed by atoms with Crippen molar-refractivity contribution in [3.8, 4) is 0 Å². The highest BCUT2D eigenvalue weighted by atomic mass is 16.5. The van der Waals surface area contributed by atoms with E-state index < -0.39 is 0 Å². The minimum absolute atomic E-state index is 0.0140. The van der Waals surface area contributed by atoms with Gasteiger partial charge in [-0.05, 0) is 81.0 Å². The van der Waals surface area contributed by atoms with Crippen molar-refractivity contribution in [3.05, 3.63) is 11.6 Å². The third-order valence-electron chi connectivity index (χ3n) is 10.3. The van der Waals surface area contributed by atoms with E-state index in [2.05, 4.69) is 33.8 Å². The fourth-order valence-corrected chi connectivity index (χ4v) is 8.40. The average Bonchev–Trinajstić information content (AvgIpc) is 2.83. The highest BCUT2D eigenvalue weighted by Crippen LogP contribution is 2.71. The van der Waals surface area contributed by atoms with Crippen molar-refractivity contribution in [2.75, 3.05) is 0 Å². The lowest BCUT2D eigenvalue weighted by molar-refractivity contribution is -0.164. The van der Waals surface area contributed by atoms with Crippen LogP contribution in [-0.4, -0.2) is 17.9 Å². The molecule has 0 radical (unpaired) electrons. The third-order valence-corrected chi connectivity index (χ3v) is 10.3. The summed E-state index contributed by atoms with van der Waals surface area (Å²) in [6.45, 7) is 12.7. The summed E-state index contributed by atoms with van der Waals surface area (Å²) in [5.41, 5.74) is 1.39. The van der Waals surface area contributed by atoms with Gasteiger partial charge in [-0.15, -0.1) is 0 Å². The summed E-state index contributed by atoms with van der Waals surface area (Å²) in [6, 6.07) is 0. The maximum Gasteiger partial charge on any atom is 0.302 e. The fourth-order valence-electron chi connectivity index (χ4n) is 8.40. The number of fused-ring (bicyclic) bond motifs is 5. The molecule has 4 rings (SSSR count). The van der Waals surface area contributed by atoms with E-state index in [0.29, 0.717) is 29.5 Å². The Bertz CT molecular complexity index is 723. The lowest BCUT2D eigenvalue weighted by atomic mass is 9.45. The second-order valence-electron chi connectivity index (χ2n) is 11.0. The number of ether oxygens (including phenoxy) is 1. The maximum absolute atomic E-state index is 12.8. The van der Waals surface area contributed by atoms with Gasteiger partial charge >= 0.3 is 5.97 Å². The first-order valence-electron chi connectivity index (χ1n) is 11.4. The molecule has 3 fully saturated rings. The Labute approximate surface area is 170 Å². The van der Waals surface area contributed by atoms with E-state index in [1.807, 2.05) is 6.92 Å². The number of hydrogen-bond donors (Lipinski definition) is 0. The molecule has 8 atom stereocenters. The number of hydrogen-bond acceptors (Lipinski definition) is 3. The molecule has 0 aromatic heterocycles. The topological polar surface area (TPSA) is 43.4 Å². The normalized spacial score (nSPS) is 50.1. The van der Waals surface area contributed by atoms with Crippen LogP contribution in [0.15, 0.2) is 11.6 Å². The lowest BCUT2D eigenvalue weighted by Gasteiger charge is -2.60. The first-order valence-corrected chi connectivity index (χ1v) is 11.4. The van der Waals surface area contributed by atoms with Crippen LogP contribution in [0.5, 0.6) is 0 Å². The largest absolute Gasteiger partial charge is 0.462 e. The van der Waals surface area contributed by atoms with E-state index in [1.54, 1.807) is 6.92 Å². The first-order chi connectivity index (χ1) is 13.1. The summed E-state index contributed by atoms with van der Waals surface area (Å²) in [6.07, 6.45) is 10.3. The Morgan fingerprint density at radius 2 is 1.82 bits per heavy atom. The molecule has 4 aliphatic carbocycles. The average molecular weight is 387 g/mol. The number of allylic oxidation sites excluding steroid dienone is 1. The molecule has 28 heavy (non-hydrogen) atoms. The molecule has 0 aromatic rings. The van der Waals surface area contributed by atoms with Crippen LogP contribution in [0.3, 0.4) is 0 Å². The summed E-state index contributed by atoms with van der Waals surface area (Å²) in [5.74, 6) is 2.42. The Morgan fingerprint density at radius 1 is 1.11 bits per heavy atom. The number of ketones is 1. The number of rotatable bonds is 2. The minimum Gasteiger partial charge on any atom is -0.462 e. The van der Waals surface area contributed by atoms with E-state index in [0.717, 1.165) is 44.9 Å². The van der Waals surface area contributed by atoms with E-state index in [-0.39, 0.29) is 28.3 Å². The Morgan fingerprint density at radius 3 is 2.46 bits per heavy atom. The van der Waals surface area contributed by atoms with Crippen LogP contribution in [0.1, 0.15) is 86.5 Å². The third kappa shape index (κ3) is 2.40. The smallest absolute Gasteiger partial charge is 0.302 e. The van der Waals surface area contributed by atoms with Crippen LogP contribution in [0, 0.1) is 39.9 Å². The van der Waals surface area contributed by atoms with Gasteiger partial charge in [-0.25, -0.2) is 0 Å². The van der Waals surface area contributed by atoms with Crippen LogP contribution in [0.25, 0.3) is 0 Å². The van der Waals surface area contributed by atoms with Gasteiger partial charge in [0.2, 0.25) is 0 Å². The number of Topliss-reactive ketones (excluding diaryl/α,β-unsaturated/α-hetero) is 1. The fraction of sp³-hybridized carbons (Fsp3) is 0.840. The predicted molar refractivity (Wildman–Crippen MR) is 111 cm³/mol. The molecule has 0 bridgehead atoms. The number of carbonyl (C=O) groups excluding carboxylic acids is 2. The van der Waals surface area contributed by atoms with Crippen LogP contribution in [0.2, 0.25) is 0 Å². The van der Waals surface area contributed by atoms with Gasteiger partial charge in [0.1, 0.15) is 11.9 Å². The van der Waals surface area contributed by atoms with Crippen molar-refractivity contribution in [3.63, 3.8) is 0 Å². The summed E-state index contributed by atoms with van der Waals surface area (Å²) in [5, 5.41) is 0. The van der Waals surface area contributed by atoms with Crippen molar-refractivity contribution in [1.82, 2.24) is 0 Å². The predicted octanol–water partition coefficient (Wildman–Crippen LogP) is 5.72. The van der Waals surface area contributed by atoms with Crippen molar-refractivity contribution in [2.24, 2.45) is 39.9 Å². The van der Waals surface area contributed by atoms with Crippen molar-refractivity contribution >= 4 is 11.8 Å². The second kappa shape index (κ2) is 6.44. The standard InChI is InChI=1S/C25H38O3/c1-15-14-21-19-11-10-18-8-7-9-22(28-17(3)27)24(18,5)20(19)12-13-23(21,4)25(15,6)16(2)26/h10,15,19-22H,7-9,11-14H2,1-6H3/t15-,19-,20+,21-,22-,23-,24-,25-/m1/s1. The van der Waals surface area contributed by atoms with Crippen molar-refractivity contribution < 1.29 is 14.3 Å². The highest BCUT2D eigenvalue weighted by molar-refractivity contribution is 5.83. The van der Waals surface area contributed by atoms with Gasteiger partial charge in [0.05, 0.1) is 0 Å². The highest BCUT2D eigenvalue weighted by Gasteiger charge is 2.67. The molecule has 156 valence electrons. The summed E-state index contributed by atoms with van der Waals surface area (Å²) >= 11 is 0. The molecule has 0 aromatic carbocycles. The van der Waals surface area contributed by atoms with Gasteiger partial charge in [-0.3, -0.25) is 9.59 Å². The maximum atomic E-state index is 12.8. The van der Waals surface area contributed by atoms with E-state index in [9.17, 15) is 9.59 Å². The molecule has 0 unspecified atom stereocenters. The summed E-state index contributed by atoms with van der Waals surface area (Å²) < 4.78 is 5.92. The SMILES string of the molecule is CC(=O)O[C@@H]1CCCC2=CC[C@H]3[C@H]4C[C@@H](C)[C@](C)(C(C)=O)[C@]4(C)CC[C@@H]3[C@@]21C. The molecule has 0 heterocycles. The van der Waals surface area contributed by atoms with Gasteiger partial charge in [-0.1, -0.05) is 39.3 Å². The van der Waals surface area contributed by atoms with Crippen molar-refractivity contribution in [1.29, 1.82) is 0 Å². The monoisotopic (exact) mass is 386 g/mol. The second-order valence-corrected chi connectivity index (χ2v) is 11.0. The Balaban J connectivity index is 1.73. The molecule has 0 aliphatic heterocycles. The molecule has 0 spiro atoms. The number of carbonyl (C=O) groups is 2. The van der Waals surface area contributed by atoms with E-state index in [4.69, 9.17) is 4.74 Å². The van der Waals surface area contributed by atoms with Crippen LogP contribution in [0.4, 0.5) is 0 Å². The zero-order valence-electron chi connectivity index (χ0n) is 18.6. The molecular weight excluding hydrogens is 348 g/mol. The van der Waals surface area contributed by atoms with Crippen molar-refractivity contribution in [2.45, 2.75) is 92.6 Å². The zero-order chi connectivity index (χ0) is 20.5. The van der Waals surface area contributed by atoms with E-state index >= 15 is 0 Å². The molecule has 4 aliphatic rings. The quantitative estimate of drug-likeness (QED) is 0.450. The molecule has 3 nitrogen and oxygen atoms in total. The lowest BCUT2D eigenvalue weighted by Crippen LogP contribution is -2.56. The minimum atomic E-state index is -0.213. The summed E-state index contributed by atoms with van der Waals surface area (Å²) in [4.78, 5) is 24.6. The molecule has 0 amide bonds.